The topological polar surface area (TPSA) is 67.3 Å². The SMILES string of the molecule is COc1ccc(O)c(C(C)Nc2cnns2)c1. The lowest BCUT2D eigenvalue weighted by atomic mass is 10.1. The molecule has 0 aliphatic rings. The minimum Gasteiger partial charge on any atom is -0.508 e. The van der Waals surface area contributed by atoms with Gasteiger partial charge in [0.05, 0.1) is 19.3 Å². The molecule has 1 heterocycles. The summed E-state index contributed by atoms with van der Waals surface area (Å²) in [5, 5.41) is 17.6. The minimum absolute atomic E-state index is 0.0488. The van der Waals surface area contributed by atoms with Crippen LogP contribution in [-0.4, -0.2) is 21.8 Å². The first-order valence-electron chi connectivity index (χ1n) is 5.11. The van der Waals surface area contributed by atoms with Gasteiger partial charge in [-0.2, -0.15) is 0 Å². The van der Waals surface area contributed by atoms with Crippen LogP contribution in [0.2, 0.25) is 0 Å². The molecule has 2 N–H and O–H groups in total. The van der Waals surface area contributed by atoms with Gasteiger partial charge in [0.25, 0.3) is 0 Å². The number of aromatic hydroxyl groups is 1. The Morgan fingerprint density at radius 3 is 2.94 bits per heavy atom. The van der Waals surface area contributed by atoms with E-state index in [-0.39, 0.29) is 11.8 Å². The molecule has 0 amide bonds. The van der Waals surface area contributed by atoms with Gasteiger partial charge in [-0.15, -0.1) is 5.10 Å². The van der Waals surface area contributed by atoms with E-state index >= 15 is 0 Å². The molecule has 6 heteroatoms. The summed E-state index contributed by atoms with van der Waals surface area (Å²) >= 11 is 1.28. The summed E-state index contributed by atoms with van der Waals surface area (Å²) in [4.78, 5) is 0. The number of phenolic OH excluding ortho intramolecular Hbond substituents is 1. The fraction of sp³-hybridized carbons (Fsp3) is 0.273. The van der Waals surface area contributed by atoms with Crippen LogP contribution < -0.4 is 10.1 Å². The zero-order valence-corrected chi connectivity index (χ0v) is 10.4. The number of aromatic nitrogens is 2. The monoisotopic (exact) mass is 251 g/mol. The molecule has 0 radical (unpaired) electrons. The van der Waals surface area contributed by atoms with E-state index in [1.165, 1.54) is 11.5 Å². The summed E-state index contributed by atoms with van der Waals surface area (Å²) in [6.45, 7) is 1.95. The van der Waals surface area contributed by atoms with Crippen LogP contribution in [0.4, 0.5) is 5.00 Å². The van der Waals surface area contributed by atoms with Crippen molar-refractivity contribution < 1.29 is 9.84 Å². The van der Waals surface area contributed by atoms with Crippen molar-refractivity contribution in [1.29, 1.82) is 0 Å². The highest BCUT2D eigenvalue weighted by Gasteiger charge is 2.12. The van der Waals surface area contributed by atoms with Gasteiger partial charge in [-0.1, -0.05) is 4.49 Å². The first-order chi connectivity index (χ1) is 8.20. The van der Waals surface area contributed by atoms with E-state index in [9.17, 15) is 5.11 Å². The second-order valence-corrected chi connectivity index (χ2v) is 4.36. The van der Waals surface area contributed by atoms with Crippen molar-refractivity contribution >= 4 is 16.5 Å². The van der Waals surface area contributed by atoms with Gasteiger partial charge in [0.15, 0.2) is 0 Å². The molecule has 2 aromatic rings. The van der Waals surface area contributed by atoms with Crippen LogP contribution in [0.5, 0.6) is 11.5 Å². The van der Waals surface area contributed by atoms with Crippen LogP contribution in [0.15, 0.2) is 24.4 Å². The molecule has 1 unspecified atom stereocenters. The lowest BCUT2D eigenvalue weighted by molar-refractivity contribution is 0.410. The third-order valence-electron chi connectivity index (χ3n) is 2.42. The highest BCUT2D eigenvalue weighted by Crippen LogP contribution is 2.30. The van der Waals surface area contributed by atoms with Crippen molar-refractivity contribution in [2.45, 2.75) is 13.0 Å². The van der Waals surface area contributed by atoms with Crippen molar-refractivity contribution in [3.63, 3.8) is 0 Å². The molecule has 0 fully saturated rings. The fourth-order valence-electron chi connectivity index (χ4n) is 1.53. The molecular formula is C11H13N3O2S. The van der Waals surface area contributed by atoms with Crippen LogP contribution >= 0.6 is 11.5 Å². The molecule has 90 valence electrons. The summed E-state index contributed by atoms with van der Waals surface area (Å²) in [7, 11) is 1.60. The average Bonchev–Trinajstić information content (AvgIpc) is 2.82. The van der Waals surface area contributed by atoms with Gasteiger partial charge in [0.1, 0.15) is 16.5 Å². The Morgan fingerprint density at radius 2 is 2.29 bits per heavy atom. The predicted octanol–water partition coefficient (Wildman–Crippen LogP) is 2.43. The van der Waals surface area contributed by atoms with Crippen LogP contribution in [0.25, 0.3) is 0 Å². The van der Waals surface area contributed by atoms with Gasteiger partial charge in [-0.25, -0.2) is 0 Å². The van der Waals surface area contributed by atoms with Crippen molar-refractivity contribution in [3.05, 3.63) is 30.0 Å². The molecule has 0 saturated carbocycles. The number of benzene rings is 1. The van der Waals surface area contributed by atoms with Gasteiger partial charge in [-0.3, -0.25) is 0 Å². The smallest absolute Gasteiger partial charge is 0.130 e. The van der Waals surface area contributed by atoms with E-state index in [1.807, 2.05) is 13.0 Å². The molecule has 1 aromatic heterocycles. The van der Waals surface area contributed by atoms with E-state index in [2.05, 4.69) is 14.9 Å². The van der Waals surface area contributed by atoms with E-state index in [4.69, 9.17) is 4.74 Å². The Balaban J connectivity index is 2.20. The van der Waals surface area contributed by atoms with Crippen LogP contribution in [0, 0.1) is 0 Å². The largest absolute Gasteiger partial charge is 0.508 e. The first kappa shape index (κ1) is 11.7. The molecule has 0 bridgehead atoms. The predicted molar refractivity (Wildman–Crippen MR) is 66.6 cm³/mol. The van der Waals surface area contributed by atoms with E-state index < -0.39 is 0 Å². The number of ether oxygens (including phenoxy) is 1. The number of anilines is 1. The Bertz CT molecular complexity index is 487. The summed E-state index contributed by atoms with van der Waals surface area (Å²) in [5.74, 6) is 0.956. The van der Waals surface area contributed by atoms with E-state index in [0.29, 0.717) is 5.75 Å². The normalized spacial score (nSPS) is 12.1. The summed E-state index contributed by atoms with van der Waals surface area (Å²) in [6, 6.07) is 5.10. The minimum atomic E-state index is -0.0488. The molecular weight excluding hydrogens is 238 g/mol. The average molecular weight is 251 g/mol. The van der Waals surface area contributed by atoms with E-state index in [0.717, 1.165) is 10.6 Å². The number of rotatable bonds is 4. The number of hydrogen-bond donors (Lipinski definition) is 2. The molecule has 0 aliphatic heterocycles. The maximum absolute atomic E-state index is 9.81. The maximum atomic E-state index is 9.81. The third-order valence-corrected chi connectivity index (χ3v) is 3.02. The Morgan fingerprint density at radius 1 is 1.47 bits per heavy atom. The summed E-state index contributed by atoms with van der Waals surface area (Å²) in [5.41, 5.74) is 0.776. The second kappa shape index (κ2) is 5.01. The molecule has 5 nitrogen and oxygen atoms in total. The zero-order chi connectivity index (χ0) is 12.3. The number of phenols is 1. The standard InChI is InChI=1S/C11H13N3O2S/c1-7(13-11-6-12-14-17-11)9-5-8(16-2)3-4-10(9)15/h3-7,13,15H,1-2H3. The molecule has 0 spiro atoms. The number of methoxy groups -OCH3 is 1. The highest BCUT2D eigenvalue weighted by atomic mass is 32.1. The van der Waals surface area contributed by atoms with Crippen molar-refractivity contribution in [2.24, 2.45) is 0 Å². The first-order valence-corrected chi connectivity index (χ1v) is 5.89. The Kier molecular flexibility index (Phi) is 3.43. The highest BCUT2D eigenvalue weighted by molar-refractivity contribution is 7.09. The molecule has 2 rings (SSSR count). The lowest BCUT2D eigenvalue weighted by Gasteiger charge is -2.15. The summed E-state index contributed by atoms with van der Waals surface area (Å²) in [6.07, 6.45) is 1.65. The fourth-order valence-corrected chi connectivity index (χ4v) is 2.03. The number of hydrogen-bond acceptors (Lipinski definition) is 6. The Labute approximate surface area is 103 Å². The molecule has 1 atom stereocenters. The van der Waals surface area contributed by atoms with Gasteiger partial charge in [0, 0.05) is 17.1 Å². The molecule has 0 aliphatic carbocycles. The van der Waals surface area contributed by atoms with Crippen LogP contribution in [-0.2, 0) is 0 Å². The van der Waals surface area contributed by atoms with Gasteiger partial charge >= 0.3 is 0 Å². The van der Waals surface area contributed by atoms with E-state index in [1.54, 1.807) is 25.4 Å². The van der Waals surface area contributed by atoms with Crippen molar-refractivity contribution in [1.82, 2.24) is 9.59 Å². The Hall–Kier alpha value is -1.82. The van der Waals surface area contributed by atoms with Crippen molar-refractivity contribution in [3.8, 4) is 11.5 Å². The van der Waals surface area contributed by atoms with Crippen molar-refractivity contribution in [2.75, 3.05) is 12.4 Å². The third kappa shape index (κ3) is 2.65. The van der Waals surface area contributed by atoms with Crippen LogP contribution in [0.3, 0.4) is 0 Å². The van der Waals surface area contributed by atoms with Gasteiger partial charge < -0.3 is 15.2 Å². The van der Waals surface area contributed by atoms with Crippen LogP contribution in [0.1, 0.15) is 18.5 Å². The lowest BCUT2D eigenvalue weighted by Crippen LogP contribution is -2.05. The zero-order valence-electron chi connectivity index (χ0n) is 9.54. The number of nitrogens with one attached hydrogen (secondary N) is 1. The molecule has 17 heavy (non-hydrogen) atoms. The van der Waals surface area contributed by atoms with Gasteiger partial charge in [0.2, 0.25) is 0 Å². The summed E-state index contributed by atoms with van der Waals surface area (Å²) < 4.78 is 8.90. The molecule has 0 saturated heterocycles. The van der Waals surface area contributed by atoms with Gasteiger partial charge in [-0.05, 0) is 25.1 Å². The molecule has 1 aromatic carbocycles. The second-order valence-electron chi connectivity index (χ2n) is 3.57. The maximum Gasteiger partial charge on any atom is 0.130 e. The number of nitrogens with zero attached hydrogens (tertiary/aromatic N) is 2. The quantitative estimate of drug-likeness (QED) is 0.873.